The number of phosphoric acid groups is 3. The van der Waals surface area contributed by atoms with E-state index in [1.807, 2.05) is 20.8 Å². The maximum absolute atomic E-state index is 13.0. The lowest BCUT2D eigenvalue weighted by atomic mass is 10.1. The fourth-order valence-electron chi connectivity index (χ4n) is 7.11. The van der Waals surface area contributed by atoms with Crippen LogP contribution in [0.4, 0.5) is 0 Å². The molecule has 4 fully saturated rings. The van der Waals surface area contributed by atoms with Gasteiger partial charge in [-0.05, 0) is 60.1 Å². The molecule has 3 N–H and O–H groups in total. The van der Waals surface area contributed by atoms with Crippen LogP contribution < -0.4 is 0 Å². The van der Waals surface area contributed by atoms with Gasteiger partial charge >= 0.3 is 23.5 Å². The number of carbonyl (C=O) groups is 3. The number of nitrogens with zero attached hydrogens (tertiary/aromatic N) is 1. The van der Waals surface area contributed by atoms with Gasteiger partial charge in [0.1, 0.15) is 36.3 Å². The zero-order valence-corrected chi connectivity index (χ0v) is 38.0. The Kier molecular flexibility index (Phi) is 20.1. The topological polar surface area (TPSA) is 259 Å². The van der Waals surface area contributed by atoms with E-state index in [2.05, 4.69) is 0 Å². The molecular formula is C35H62NO19P3S. The van der Waals surface area contributed by atoms with Gasteiger partial charge in [-0.15, -0.1) is 11.8 Å². The molecule has 0 aromatic rings. The molecule has 342 valence electrons. The Morgan fingerprint density at radius 1 is 0.746 bits per heavy atom. The SMILES string of the molecule is CC(=O)CCN1C(=O)CC(SCCCCCCOP(=O)(O)OC[C@H]2O[C@@H](C)C[C@@H]2OP(=O)(O)OC[C@H]2O[C@@H](C)C[C@@H]2OP(=O)(O)OC[C@H]2O[C@@H](C)C[C@@H]2OC(C)C)C1=O. The van der Waals surface area contributed by atoms with Crippen LogP contribution in [0.15, 0.2) is 0 Å². The van der Waals surface area contributed by atoms with Crippen LogP contribution in [0.3, 0.4) is 0 Å². The lowest BCUT2D eigenvalue weighted by molar-refractivity contribution is -0.138. The van der Waals surface area contributed by atoms with Crippen molar-refractivity contribution in [3.8, 4) is 0 Å². The van der Waals surface area contributed by atoms with Gasteiger partial charge in [-0.2, -0.15) is 0 Å². The monoisotopic (exact) mass is 925 g/mol. The number of Topliss-reactive ketones (excluding diaryl/α,β-unsaturated/α-hetero) is 1. The normalized spacial score (nSPS) is 33.2. The molecule has 4 rings (SSSR count). The number of carbonyl (C=O) groups excluding carboxylic acids is 3. The largest absolute Gasteiger partial charge is 0.472 e. The first-order valence-electron chi connectivity index (χ1n) is 20.1. The van der Waals surface area contributed by atoms with Crippen molar-refractivity contribution < 1.29 is 88.8 Å². The standard InChI is InChI=1S/C35H62NO19P3S/c1-22(2)50-27-15-24(4)51-30(27)19-48-57(42,43)55-29-17-26(6)53-32(29)21-49-58(44,45)54-28-16-25(5)52-31(28)20-47-56(40,41)46-13-9-7-8-10-14-59-33-18-34(38)36(35(33)39)12-11-23(3)37/h22,24-33H,7-21H2,1-6H3,(H,40,41)(H,42,43)(H,44,45)/t24-,25-,26-,27-,28-,29-,30+,31+,32+,33?/m0/s1. The molecule has 0 saturated carbocycles. The van der Waals surface area contributed by atoms with Gasteiger partial charge in [0.05, 0.1) is 62.2 Å². The molecule has 0 spiro atoms. The highest BCUT2D eigenvalue weighted by Crippen LogP contribution is 2.51. The van der Waals surface area contributed by atoms with E-state index in [-0.39, 0.29) is 81.4 Å². The minimum atomic E-state index is -4.80. The van der Waals surface area contributed by atoms with Gasteiger partial charge in [-0.3, -0.25) is 46.4 Å². The average molecular weight is 926 g/mol. The third-order valence-electron chi connectivity index (χ3n) is 9.85. The summed E-state index contributed by atoms with van der Waals surface area (Å²) in [5, 5.41) is -0.449. The second kappa shape index (κ2) is 23.3. The Bertz CT molecular complexity index is 1540. The molecule has 59 heavy (non-hydrogen) atoms. The van der Waals surface area contributed by atoms with Crippen molar-refractivity contribution in [3.63, 3.8) is 0 Å². The number of likely N-dealkylation sites (tertiary alicyclic amines) is 1. The third kappa shape index (κ3) is 17.4. The summed E-state index contributed by atoms with van der Waals surface area (Å²) in [6.07, 6.45) is -2.33. The Morgan fingerprint density at radius 2 is 1.22 bits per heavy atom. The summed E-state index contributed by atoms with van der Waals surface area (Å²) in [4.78, 5) is 68.4. The van der Waals surface area contributed by atoms with Crippen molar-refractivity contribution in [1.29, 1.82) is 0 Å². The predicted octanol–water partition coefficient (Wildman–Crippen LogP) is 4.85. The fraction of sp³-hybridized carbons (Fsp3) is 0.914. The van der Waals surface area contributed by atoms with E-state index in [0.717, 1.165) is 17.7 Å². The van der Waals surface area contributed by atoms with E-state index in [4.69, 9.17) is 46.1 Å². The summed E-state index contributed by atoms with van der Waals surface area (Å²) in [6, 6.07) is 0. The number of amides is 2. The second-order valence-electron chi connectivity index (χ2n) is 15.6. The van der Waals surface area contributed by atoms with E-state index in [1.165, 1.54) is 18.7 Å². The van der Waals surface area contributed by atoms with Crippen LogP contribution in [0, 0.1) is 0 Å². The van der Waals surface area contributed by atoms with Crippen LogP contribution in [0.5, 0.6) is 0 Å². The molecule has 20 nitrogen and oxygen atoms in total. The number of rotatable bonds is 27. The quantitative estimate of drug-likeness (QED) is 0.0565. The molecule has 0 radical (unpaired) electrons. The first kappa shape index (κ1) is 51.0. The van der Waals surface area contributed by atoms with Gasteiger partial charge in [0.15, 0.2) is 0 Å². The van der Waals surface area contributed by atoms with Gasteiger partial charge in [-0.1, -0.05) is 12.8 Å². The Morgan fingerprint density at radius 3 is 1.73 bits per heavy atom. The van der Waals surface area contributed by atoms with Crippen molar-refractivity contribution in [2.24, 2.45) is 0 Å². The zero-order chi connectivity index (χ0) is 43.5. The number of hydrogen-bond acceptors (Lipinski definition) is 17. The molecule has 2 amide bonds. The number of unbranched alkanes of at least 4 members (excludes halogenated alkanes) is 3. The highest BCUT2D eigenvalue weighted by molar-refractivity contribution is 8.00. The van der Waals surface area contributed by atoms with E-state index in [0.29, 0.717) is 25.0 Å². The molecule has 4 heterocycles. The van der Waals surface area contributed by atoms with Gasteiger partial charge in [0.2, 0.25) is 11.8 Å². The molecule has 0 aromatic carbocycles. The molecule has 0 bridgehead atoms. The first-order valence-corrected chi connectivity index (χ1v) is 25.7. The number of thioether (sulfide) groups is 1. The van der Waals surface area contributed by atoms with Crippen molar-refractivity contribution in [2.75, 3.05) is 38.7 Å². The smallest absolute Gasteiger partial charge is 0.373 e. The van der Waals surface area contributed by atoms with Gasteiger partial charge < -0.3 is 33.6 Å². The number of ketones is 1. The number of hydrogen-bond donors (Lipinski definition) is 3. The van der Waals surface area contributed by atoms with Crippen molar-refractivity contribution in [2.45, 2.75) is 166 Å². The highest BCUT2D eigenvalue weighted by Gasteiger charge is 2.45. The van der Waals surface area contributed by atoms with Crippen LogP contribution in [0.25, 0.3) is 0 Å². The van der Waals surface area contributed by atoms with Gasteiger partial charge in [0, 0.05) is 38.6 Å². The fourth-order valence-corrected chi connectivity index (χ4v) is 11.0. The van der Waals surface area contributed by atoms with Crippen LogP contribution >= 0.6 is 35.2 Å². The van der Waals surface area contributed by atoms with Crippen LogP contribution in [0.1, 0.15) is 99.3 Å². The van der Waals surface area contributed by atoms with Crippen LogP contribution in [-0.4, -0.2) is 142 Å². The molecule has 0 aromatic heterocycles. The minimum absolute atomic E-state index is 0.0739. The molecule has 4 unspecified atom stereocenters. The summed E-state index contributed by atoms with van der Waals surface area (Å²) in [5.74, 6) is 0.0419. The number of phosphoric ester groups is 3. The molecule has 4 saturated heterocycles. The van der Waals surface area contributed by atoms with Crippen molar-refractivity contribution >= 4 is 52.8 Å². The predicted molar refractivity (Wildman–Crippen MR) is 211 cm³/mol. The van der Waals surface area contributed by atoms with E-state index in [1.54, 1.807) is 13.8 Å². The molecule has 24 heteroatoms. The molecular weight excluding hydrogens is 863 g/mol. The van der Waals surface area contributed by atoms with Crippen LogP contribution in [-0.2, 0) is 74.2 Å². The molecule has 13 atom stereocenters. The van der Waals surface area contributed by atoms with Crippen molar-refractivity contribution in [3.05, 3.63) is 0 Å². The minimum Gasteiger partial charge on any atom is -0.373 e. The average Bonchev–Trinajstić information content (AvgIpc) is 3.84. The van der Waals surface area contributed by atoms with Gasteiger partial charge in [-0.25, -0.2) is 13.7 Å². The lowest BCUT2D eigenvalue weighted by Crippen LogP contribution is -2.33. The number of ether oxygens (including phenoxy) is 4. The molecule has 0 aliphatic carbocycles. The molecule has 4 aliphatic rings. The Hall–Kier alpha value is -0.670. The summed E-state index contributed by atoms with van der Waals surface area (Å²) >= 11 is 1.41. The maximum atomic E-state index is 13.0. The Labute approximate surface area is 350 Å². The lowest BCUT2D eigenvalue weighted by Gasteiger charge is -2.25. The zero-order valence-electron chi connectivity index (χ0n) is 34.5. The van der Waals surface area contributed by atoms with Crippen molar-refractivity contribution in [1.82, 2.24) is 4.90 Å². The summed E-state index contributed by atoms with van der Waals surface area (Å²) in [5.41, 5.74) is 0. The van der Waals surface area contributed by atoms with Crippen LogP contribution in [0.2, 0.25) is 0 Å². The summed E-state index contributed by atoms with van der Waals surface area (Å²) in [7, 11) is -14.0. The highest BCUT2D eigenvalue weighted by atomic mass is 32.2. The Balaban J connectivity index is 1.13. The van der Waals surface area contributed by atoms with E-state index < -0.39 is 84.7 Å². The first-order chi connectivity index (χ1) is 27.6. The maximum Gasteiger partial charge on any atom is 0.472 e. The van der Waals surface area contributed by atoms with E-state index in [9.17, 15) is 42.8 Å². The van der Waals surface area contributed by atoms with Gasteiger partial charge in [0.25, 0.3) is 0 Å². The third-order valence-corrected chi connectivity index (χ3v) is 14.2. The second-order valence-corrected chi connectivity index (χ2v) is 21.2. The van der Waals surface area contributed by atoms with E-state index >= 15 is 0 Å². The summed E-state index contributed by atoms with van der Waals surface area (Å²) < 4.78 is 93.2. The summed E-state index contributed by atoms with van der Waals surface area (Å²) in [6.45, 7) is 9.18. The molecule has 4 aliphatic heterocycles. The number of imide groups is 1.